The van der Waals surface area contributed by atoms with E-state index in [1.807, 2.05) is 44.2 Å². The number of rotatable bonds is 6. The highest BCUT2D eigenvalue weighted by atomic mass is 79.9. The van der Waals surface area contributed by atoms with Crippen LogP contribution in [0.1, 0.15) is 27.8 Å². The smallest absolute Gasteiger partial charge is 0.266 e. The first-order chi connectivity index (χ1) is 15.8. The first-order valence-electron chi connectivity index (χ1n) is 9.93. The molecule has 7 heteroatoms. The van der Waals surface area contributed by atoms with E-state index in [0.29, 0.717) is 31.5 Å². The van der Waals surface area contributed by atoms with Gasteiger partial charge in [0, 0.05) is 11.3 Å². The van der Waals surface area contributed by atoms with E-state index in [2.05, 4.69) is 43.2 Å². The van der Waals surface area contributed by atoms with Gasteiger partial charge >= 0.3 is 0 Å². The molecule has 1 amide bonds. The van der Waals surface area contributed by atoms with Crippen LogP contribution in [0.4, 0.5) is 5.69 Å². The summed E-state index contributed by atoms with van der Waals surface area (Å²) in [6.45, 7) is 4.10. The van der Waals surface area contributed by atoms with E-state index >= 15 is 0 Å². The number of nitrogens with one attached hydrogen (secondary N) is 1. The number of carbonyl (C=O) groups excluding carboxylic acids is 1. The van der Waals surface area contributed by atoms with Gasteiger partial charge in [-0.25, -0.2) is 0 Å². The van der Waals surface area contributed by atoms with Gasteiger partial charge in [-0.1, -0.05) is 30.3 Å². The Labute approximate surface area is 209 Å². The van der Waals surface area contributed by atoms with Crippen molar-refractivity contribution in [3.05, 3.63) is 96.9 Å². The van der Waals surface area contributed by atoms with Crippen molar-refractivity contribution in [3.8, 4) is 17.9 Å². The Morgan fingerprint density at radius 3 is 2.42 bits per heavy atom. The molecule has 5 nitrogen and oxygen atoms in total. The number of aryl methyl sites for hydroxylation is 1. The zero-order chi connectivity index (χ0) is 24.0. The van der Waals surface area contributed by atoms with Crippen molar-refractivity contribution < 1.29 is 9.53 Å². The van der Waals surface area contributed by atoms with Gasteiger partial charge in [0.1, 0.15) is 24.0 Å². The molecule has 0 aliphatic carbocycles. The number of ether oxygens (including phenoxy) is 1. The lowest BCUT2D eigenvalue weighted by molar-refractivity contribution is -0.112. The fourth-order valence-electron chi connectivity index (χ4n) is 3.10. The second-order valence-electron chi connectivity index (χ2n) is 7.24. The molecule has 164 valence electrons. The minimum Gasteiger partial charge on any atom is -0.486 e. The number of halogens is 2. The fraction of sp³-hybridized carbons (Fsp3) is 0.115. The standard InChI is InChI=1S/C26H19Br2N3O2/c1-16-6-5-9-24(17(16)2)31-26(32)21(14-30)10-18-11-22(27)25(23(28)12-18)33-15-20-8-4-3-7-19(20)13-29/h3-12H,15H2,1-2H3,(H,31,32)/b21-10+. The third kappa shape index (κ3) is 5.90. The summed E-state index contributed by atoms with van der Waals surface area (Å²) in [6, 6.07) is 20.5. The fourth-order valence-corrected chi connectivity index (χ4v) is 4.55. The molecule has 0 saturated heterocycles. The van der Waals surface area contributed by atoms with Crippen molar-refractivity contribution in [1.82, 2.24) is 0 Å². The molecule has 0 saturated carbocycles. The molecule has 0 aromatic heterocycles. The Hall–Kier alpha value is -3.39. The molecular weight excluding hydrogens is 546 g/mol. The molecule has 3 rings (SSSR count). The van der Waals surface area contributed by atoms with Crippen molar-refractivity contribution in [2.75, 3.05) is 5.32 Å². The van der Waals surface area contributed by atoms with Crippen LogP contribution >= 0.6 is 31.9 Å². The van der Waals surface area contributed by atoms with Crippen molar-refractivity contribution in [2.45, 2.75) is 20.5 Å². The summed E-state index contributed by atoms with van der Waals surface area (Å²) in [5, 5.41) is 21.6. The number of carbonyl (C=O) groups is 1. The molecule has 33 heavy (non-hydrogen) atoms. The maximum absolute atomic E-state index is 12.7. The largest absolute Gasteiger partial charge is 0.486 e. The number of nitrogens with zero attached hydrogens (tertiary/aromatic N) is 2. The van der Waals surface area contributed by atoms with Crippen LogP contribution < -0.4 is 10.1 Å². The number of hydrogen-bond acceptors (Lipinski definition) is 4. The van der Waals surface area contributed by atoms with Crippen LogP contribution in [-0.4, -0.2) is 5.91 Å². The molecule has 0 spiro atoms. The summed E-state index contributed by atoms with van der Waals surface area (Å²) in [6.07, 6.45) is 1.52. The van der Waals surface area contributed by atoms with Gasteiger partial charge in [0.15, 0.2) is 0 Å². The van der Waals surface area contributed by atoms with Crippen LogP contribution in [0.25, 0.3) is 6.08 Å². The average Bonchev–Trinajstić information content (AvgIpc) is 2.80. The summed E-state index contributed by atoms with van der Waals surface area (Å²) in [4.78, 5) is 12.7. The Kier molecular flexibility index (Phi) is 8.06. The SMILES string of the molecule is Cc1cccc(NC(=O)/C(C#N)=C/c2cc(Br)c(OCc3ccccc3C#N)c(Br)c2)c1C. The summed E-state index contributed by atoms with van der Waals surface area (Å²) in [5.41, 5.74) is 4.63. The first-order valence-corrected chi connectivity index (χ1v) is 11.5. The molecule has 3 aromatic carbocycles. The zero-order valence-electron chi connectivity index (χ0n) is 17.9. The minimum absolute atomic E-state index is 0.0219. The maximum atomic E-state index is 12.7. The number of anilines is 1. The molecule has 3 aromatic rings. The summed E-state index contributed by atoms with van der Waals surface area (Å²) in [7, 11) is 0. The van der Waals surface area contributed by atoms with E-state index in [4.69, 9.17) is 4.74 Å². The molecule has 0 radical (unpaired) electrons. The van der Waals surface area contributed by atoms with Gasteiger partial charge in [-0.3, -0.25) is 4.79 Å². The second kappa shape index (κ2) is 11.0. The van der Waals surface area contributed by atoms with E-state index in [-0.39, 0.29) is 12.2 Å². The molecule has 0 heterocycles. The van der Waals surface area contributed by atoms with Gasteiger partial charge in [0.25, 0.3) is 5.91 Å². The van der Waals surface area contributed by atoms with Gasteiger partial charge in [0.05, 0.1) is 20.6 Å². The van der Waals surface area contributed by atoms with Crippen LogP contribution in [0.5, 0.6) is 5.75 Å². The highest BCUT2D eigenvalue weighted by Gasteiger charge is 2.14. The van der Waals surface area contributed by atoms with Crippen LogP contribution in [0.3, 0.4) is 0 Å². The lowest BCUT2D eigenvalue weighted by atomic mass is 10.1. The first kappa shape index (κ1) is 24.3. The molecule has 0 unspecified atom stereocenters. The maximum Gasteiger partial charge on any atom is 0.266 e. The van der Waals surface area contributed by atoms with Gasteiger partial charge in [-0.05, 0) is 92.7 Å². The van der Waals surface area contributed by atoms with Crippen molar-refractivity contribution in [2.24, 2.45) is 0 Å². The summed E-state index contributed by atoms with van der Waals surface area (Å²) >= 11 is 6.99. The van der Waals surface area contributed by atoms with E-state index < -0.39 is 5.91 Å². The third-order valence-corrected chi connectivity index (χ3v) is 6.24. The van der Waals surface area contributed by atoms with Gasteiger partial charge in [-0.15, -0.1) is 0 Å². The van der Waals surface area contributed by atoms with E-state index in [0.717, 1.165) is 16.7 Å². The highest BCUT2D eigenvalue weighted by molar-refractivity contribution is 9.11. The number of benzene rings is 3. The Morgan fingerprint density at radius 2 is 1.76 bits per heavy atom. The molecule has 1 N–H and O–H groups in total. The molecule has 0 atom stereocenters. The van der Waals surface area contributed by atoms with E-state index in [9.17, 15) is 15.3 Å². The summed E-state index contributed by atoms with van der Waals surface area (Å²) < 4.78 is 7.21. The van der Waals surface area contributed by atoms with Crippen LogP contribution in [0.2, 0.25) is 0 Å². The average molecular weight is 565 g/mol. The second-order valence-corrected chi connectivity index (χ2v) is 8.95. The van der Waals surface area contributed by atoms with Crippen molar-refractivity contribution in [1.29, 1.82) is 10.5 Å². The quantitative estimate of drug-likeness (QED) is 0.263. The molecule has 0 bridgehead atoms. The topological polar surface area (TPSA) is 85.9 Å². The summed E-state index contributed by atoms with van der Waals surface area (Å²) in [5.74, 6) is 0.0742. The number of nitriles is 2. The van der Waals surface area contributed by atoms with E-state index in [1.165, 1.54) is 6.08 Å². The van der Waals surface area contributed by atoms with E-state index in [1.54, 1.807) is 30.3 Å². The lowest BCUT2D eigenvalue weighted by Gasteiger charge is -2.13. The Bertz CT molecular complexity index is 1310. The van der Waals surface area contributed by atoms with Crippen molar-refractivity contribution >= 4 is 49.5 Å². The minimum atomic E-state index is -0.480. The predicted octanol–water partition coefficient (Wildman–Crippen LogP) is 6.82. The Balaban J connectivity index is 1.81. The molecule has 0 aliphatic heterocycles. The third-order valence-electron chi connectivity index (χ3n) is 5.06. The molecule has 0 aliphatic rings. The van der Waals surface area contributed by atoms with Gasteiger partial charge < -0.3 is 10.1 Å². The zero-order valence-corrected chi connectivity index (χ0v) is 21.1. The predicted molar refractivity (Wildman–Crippen MR) is 135 cm³/mol. The van der Waals surface area contributed by atoms with Crippen molar-refractivity contribution in [3.63, 3.8) is 0 Å². The van der Waals surface area contributed by atoms with Crippen LogP contribution in [-0.2, 0) is 11.4 Å². The monoisotopic (exact) mass is 563 g/mol. The molecular formula is C26H19Br2N3O2. The molecule has 0 fully saturated rings. The van der Waals surface area contributed by atoms with Crippen LogP contribution in [0.15, 0.2) is 69.1 Å². The number of amides is 1. The normalized spacial score (nSPS) is 10.8. The Morgan fingerprint density at radius 1 is 1.06 bits per heavy atom. The number of hydrogen-bond donors (Lipinski definition) is 1. The van der Waals surface area contributed by atoms with Gasteiger partial charge in [-0.2, -0.15) is 10.5 Å². The lowest BCUT2D eigenvalue weighted by Crippen LogP contribution is -2.14. The highest BCUT2D eigenvalue weighted by Crippen LogP contribution is 2.36. The van der Waals surface area contributed by atoms with Crippen LogP contribution in [0, 0.1) is 36.5 Å². The van der Waals surface area contributed by atoms with Gasteiger partial charge in [0.2, 0.25) is 0 Å².